The molecule has 102 valence electrons. The molecule has 0 fully saturated rings. The Kier molecular flexibility index (Phi) is 4.49. The van der Waals surface area contributed by atoms with Crippen LogP contribution in [-0.4, -0.2) is 0 Å². The number of hydrogen-bond donors (Lipinski definition) is 1. The van der Waals surface area contributed by atoms with Crippen molar-refractivity contribution in [1.82, 2.24) is 5.32 Å². The molecule has 0 amide bonds. The fourth-order valence-corrected chi connectivity index (χ4v) is 2.21. The summed E-state index contributed by atoms with van der Waals surface area (Å²) in [6.07, 6.45) is 0. The Hall–Kier alpha value is -2.18. The Morgan fingerprint density at radius 3 is 2.65 bits per heavy atom. The van der Waals surface area contributed by atoms with E-state index in [1.807, 2.05) is 18.2 Å². The van der Waals surface area contributed by atoms with Gasteiger partial charge in [-0.25, -0.2) is 4.39 Å². The highest BCUT2D eigenvalue weighted by Gasteiger charge is 2.09. The van der Waals surface area contributed by atoms with Crippen molar-refractivity contribution in [1.29, 1.82) is 5.26 Å². The highest BCUT2D eigenvalue weighted by Crippen LogP contribution is 2.18. The topological polar surface area (TPSA) is 35.8 Å². The van der Waals surface area contributed by atoms with Crippen molar-refractivity contribution in [2.24, 2.45) is 0 Å². The Labute approximate surface area is 118 Å². The van der Waals surface area contributed by atoms with E-state index in [4.69, 9.17) is 5.26 Å². The van der Waals surface area contributed by atoms with Crippen molar-refractivity contribution in [3.05, 3.63) is 70.5 Å². The first kappa shape index (κ1) is 14.2. The molecule has 2 nitrogen and oxygen atoms in total. The SMILES string of the molecule is Cc1ccccc1[C@@H](C)NCc1ccc(C#N)cc1F. The Bertz CT molecular complexity index is 644. The van der Waals surface area contributed by atoms with E-state index in [2.05, 4.69) is 31.3 Å². The molecule has 0 unspecified atom stereocenters. The molecular weight excluding hydrogens is 251 g/mol. The molecule has 0 aliphatic heterocycles. The average molecular weight is 268 g/mol. The molecule has 2 aromatic carbocycles. The summed E-state index contributed by atoms with van der Waals surface area (Å²) < 4.78 is 13.8. The summed E-state index contributed by atoms with van der Waals surface area (Å²) >= 11 is 0. The minimum atomic E-state index is -0.339. The Morgan fingerprint density at radius 2 is 2.00 bits per heavy atom. The minimum Gasteiger partial charge on any atom is -0.306 e. The van der Waals surface area contributed by atoms with Crippen LogP contribution in [-0.2, 0) is 6.54 Å². The number of benzene rings is 2. The molecule has 0 aliphatic carbocycles. The summed E-state index contributed by atoms with van der Waals surface area (Å²) in [7, 11) is 0. The predicted octanol–water partition coefficient (Wildman–Crippen LogP) is 3.86. The molecule has 1 atom stereocenters. The summed E-state index contributed by atoms with van der Waals surface area (Å²) in [5.74, 6) is -0.339. The standard InChI is InChI=1S/C17H17FN2/c1-12-5-3-4-6-16(12)13(2)20-11-15-8-7-14(10-19)9-17(15)18/h3-9,13,20H,11H2,1-2H3/t13-/m1/s1. The first-order valence-corrected chi connectivity index (χ1v) is 6.59. The fourth-order valence-electron chi connectivity index (χ4n) is 2.21. The molecule has 0 aliphatic rings. The maximum absolute atomic E-state index is 13.8. The number of hydrogen-bond acceptors (Lipinski definition) is 2. The maximum Gasteiger partial charge on any atom is 0.129 e. The van der Waals surface area contributed by atoms with Gasteiger partial charge in [-0.15, -0.1) is 0 Å². The van der Waals surface area contributed by atoms with Gasteiger partial charge < -0.3 is 5.32 Å². The van der Waals surface area contributed by atoms with E-state index < -0.39 is 0 Å². The lowest BCUT2D eigenvalue weighted by molar-refractivity contribution is 0.542. The Balaban J connectivity index is 2.06. The van der Waals surface area contributed by atoms with Crippen LogP contribution in [0.5, 0.6) is 0 Å². The molecule has 0 heterocycles. The van der Waals surface area contributed by atoms with Gasteiger partial charge in [-0.3, -0.25) is 0 Å². The van der Waals surface area contributed by atoms with Crippen molar-refractivity contribution in [3.63, 3.8) is 0 Å². The van der Waals surface area contributed by atoms with Crippen molar-refractivity contribution in [2.75, 3.05) is 0 Å². The van der Waals surface area contributed by atoms with Crippen LogP contribution >= 0.6 is 0 Å². The molecule has 0 bridgehead atoms. The fraction of sp³-hybridized carbons (Fsp3) is 0.235. The van der Waals surface area contributed by atoms with Crippen LogP contribution in [0.25, 0.3) is 0 Å². The average Bonchev–Trinajstić information content (AvgIpc) is 2.46. The number of aryl methyl sites for hydroxylation is 1. The van der Waals surface area contributed by atoms with Gasteiger partial charge in [-0.1, -0.05) is 30.3 Å². The van der Waals surface area contributed by atoms with E-state index >= 15 is 0 Å². The summed E-state index contributed by atoms with van der Waals surface area (Å²) in [6, 6.07) is 14.8. The Morgan fingerprint density at radius 1 is 1.25 bits per heavy atom. The second kappa shape index (κ2) is 6.31. The van der Waals surface area contributed by atoms with Gasteiger partial charge in [0.15, 0.2) is 0 Å². The molecule has 2 aromatic rings. The van der Waals surface area contributed by atoms with Crippen LogP contribution in [0.2, 0.25) is 0 Å². The van der Waals surface area contributed by atoms with Gasteiger partial charge in [0.1, 0.15) is 5.82 Å². The highest BCUT2D eigenvalue weighted by molar-refractivity contribution is 5.33. The normalized spacial score (nSPS) is 11.9. The van der Waals surface area contributed by atoms with E-state index in [0.29, 0.717) is 17.7 Å². The molecule has 0 aromatic heterocycles. The van der Waals surface area contributed by atoms with Crippen LogP contribution in [0.3, 0.4) is 0 Å². The molecule has 2 rings (SSSR count). The third kappa shape index (κ3) is 3.23. The van der Waals surface area contributed by atoms with Gasteiger partial charge in [-0.05, 0) is 37.1 Å². The smallest absolute Gasteiger partial charge is 0.129 e. The maximum atomic E-state index is 13.8. The lowest BCUT2D eigenvalue weighted by Gasteiger charge is -2.16. The minimum absolute atomic E-state index is 0.145. The zero-order valence-electron chi connectivity index (χ0n) is 11.7. The first-order chi connectivity index (χ1) is 9.61. The zero-order valence-corrected chi connectivity index (χ0v) is 11.7. The zero-order chi connectivity index (χ0) is 14.5. The van der Waals surface area contributed by atoms with E-state index in [1.54, 1.807) is 12.1 Å². The molecular formula is C17H17FN2. The lowest BCUT2D eigenvalue weighted by atomic mass is 10.0. The van der Waals surface area contributed by atoms with Gasteiger partial charge in [0, 0.05) is 18.2 Å². The monoisotopic (exact) mass is 268 g/mol. The van der Waals surface area contributed by atoms with E-state index in [9.17, 15) is 4.39 Å². The quantitative estimate of drug-likeness (QED) is 0.914. The molecule has 3 heteroatoms. The van der Waals surface area contributed by atoms with Crippen molar-refractivity contribution < 1.29 is 4.39 Å². The summed E-state index contributed by atoms with van der Waals surface area (Å²) in [4.78, 5) is 0. The third-order valence-corrected chi connectivity index (χ3v) is 3.44. The van der Waals surface area contributed by atoms with E-state index in [1.165, 1.54) is 17.2 Å². The number of nitrogens with zero attached hydrogens (tertiary/aromatic N) is 1. The van der Waals surface area contributed by atoms with Crippen molar-refractivity contribution in [2.45, 2.75) is 26.4 Å². The molecule has 0 saturated heterocycles. The van der Waals surface area contributed by atoms with Crippen LogP contribution in [0.1, 0.15) is 35.2 Å². The van der Waals surface area contributed by atoms with Crippen molar-refractivity contribution >= 4 is 0 Å². The second-order valence-corrected chi connectivity index (χ2v) is 4.88. The highest BCUT2D eigenvalue weighted by atomic mass is 19.1. The van der Waals surface area contributed by atoms with Crippen LogP contribution in [0.15, 0.2) is 42.5 Å². The summed E-state index contributed by atoms with van der Waals surface area (Å²) in [5, 5.41) is 12.0. The van der Waals surface area contributed by atoms with Gasteiger partial charge in [0.25, 0.3) is 0 Å². The molecule has 0 radical (unpaired) electrons. The predicted molar refractivity (Wildman–Crippen MR) is 77.5 cm³/mol. The van der Waals surface area contributed by atoms with Crippen LogP contribution < -0.4 is 5.32 Å². The summed E-state index contributed by atoms with van der Waals surface area (Å²) in [6.45, 7) is 4.56. The van der Waals surface area contributed by atoms with Gasteiger partial charge in [0.2, 0.25) is 0 Å². The third-order valence-electron chi connectivity index (χ3n) is 3.44. The van der Waals surface area contributed by atoms with Crippen molar-refractivity contribution in [3.8, 4) is 6.07 Å². The van der Waals surface area contributed by atoms with Gasteiger partial charge >= 0.3 is 0 Å². The molecule has 20 heavy (non-hydrogen) atoms. The largest absolute Gasteiger partial charge is 0.306 e. The number of halogens is 1. The molecule has 1 N–H and O–H groups in total. The molecule has 0 saturated carbocycles. The van der Waals surface area contributed by atoms with E-state index in [0.717, 1.165) is 0 Å². The van der Waals surface area contributed by atoms with E-state index in [-0.39, 0.29) is 11.9 Å². The van der Waals surface area contributed by atoms with Crippen LogP contribution in [0, 0.1) is 24.1 Å². The van der Waals surface area contributed by atoms with Crippen LogP contribution in [0.4, 0.5) is 4.39 Å². The van der Waals surface area contributed by atoms with Gasteiger partial charge in [-0.2, -0.15) is 5.26 Å². The first-order valence-electron chi connectivity index (χ1n) is 6.59. The number of rotatable bonds is 4. The lowest BCUT2D eigenvalue weighted by Crippen LogP contribution is -2.19. The van der Waals surface area contributed by atoms with Gasteiger partial charge in [0.05, 0.1) is 11.6 Å². The summed E-state index contributed by atoms with van der Waals surface area (Å²) in [5.41, 5.74) is 3.34. The second-order valence-electron chi connectivity index (χ2n) is 4.88. The molecule has 0 spiro atoms. The number of nitrogens with one attached hydrogen (secondary N) is 1. The number of nitriles is 1.